The van der Waals surface area contributed by atoms with E-state index in [0.29, 0.717) is 45.7 Å². The van der Waals surface area contributed by atoms with Crippen molar-refractivity contribution in [2.45, 2.75) is 26.7 Å². The van der Waals surface area contributed by atoms with Gasteiger partial charge in [-0.25, -0.2) is 5.84 Å². The highest BCUT2D eigenvalue weighted by Crippen LogP contribution is 2.17. The van der Waals surface area contributed by atoms with Gasteiger partial charge in [0.2, 0.25) is 11.8 Å². The number of ether oxygens (including phenoxy) is 1. The summed E-state index contributed by atoms with van der Waals surface area (Å²) in [5.74, 6) is 5.06. The molecule has 1 saturated heterocycles. The zero-order chi connectivity index (χ0) is 15.7. The summed E-state index contributed by atoms with van der Waals surface area (Å²) < 4.78 is 5.32. The lowest BCUT2D eigenvalue weighted by atomic mass is 9.96. The van der Waals surface area contributed by atoms with Crippen LogP contribution in [0.3, 0.4) is 0 Å². The lowest BCUT2D eigenvalue weighted by molar-refractivity contribution is -0.136. The Morgan fingerprint density at radius 1 is 1.33 bits per heavy atom. The molecule has 0 aliphatic carbocycles. The summed E-state index contributed by atoms with van der Waals surface area (Å²) in [5.41, 5.74) is 2.18. The summed E-state index contributed by atoms with van der Waals surface area (Å²) in [6.45, 7) is 8.60. The van der Waals surface area contributed by atoms with E-state index in [4.69, 9.17) is 10.6 Å². The second-order valence-corrected chi connectivity index (χ2v) is 5.23. The van der Waals surface area contributed by atoms with Crippen LogP contribution in [0.5, 0.6) is 0 Å². The largest absolute Gasteiger partial charge is 0.380 e. The predicted molar refractivity (Wildman–Crippen MR) is 80.2 cm³/mol. The van der Waals surface area contributed by atoms with Gasteiger partial charge in [0.15, 0.2) is 0 Å². The van der Waals surface area contributed by atoms with E-state index < -0.39 is 0 Å². The highest BCUT2D eigenvalue weighted by Gasteiger charge is 2.27. The molecule has 122 valence electrons. The fourth-order valence-corrected chi connectivity index (χ4v) is 2.49. The third kappa shape index (κ3) is 5.99. The molecule has 0 aromatic carbocycles. The molecule has 1 aliphatic heterocycles. The van der Waals surface area contributed by atoms with Crippen LogP contribution in [-0.2, 0) is 14.3 Å². The van der Waals surface area contributed by atoms with Gasteiger partial charge in [-0.05, 0) is 26.3 Å². The summed E-state index contributed by atoms with van der Waals surface area (Å²) in [7, 11) is 0. The number of hydrazine groups is 1. The van der Waals surface area contributed by atoms with Gasteiger partial charge in [0, 0.05) is 32.2 Å². The van der Waals surface area contributed by atoms with Gasteiger partial charge in [0.25, 0.3) is 0 Å². The Bertz CT molecular complexity index is 330. The number of carbonyl (C=O) groups excluding carboxylic acids is 2. The second-order valence-electron chi connectivity index (χ2n) is 5.23. The molecular formula is C14H28N4O3. The molecule has 0 aromatic rings. The first kappa shape index (κ1) is 17.9. The van der Waals surface area contributed by atoms with Gasteiger partial charge in [-0.3, -0.25) is 19.9 Å². The molecule has 21 heavy (non-hydrogen) atoms. The van der Waals surface area contributed by atoms with E-state index in [2.05, 4.69) is 10.3 Å². The van der Waals surface area contributed by atoms with Crippen LogP contribution in [0.15, 0.2) is 0 Å². The van der Waals surface area contributed by atoms with Crippen LogP contribution in [0.1, 0.15) is 26.7 Å². The molecule has 7 nitrogen and oxygen atoms in total. The summed E-state index contributed by atoms with van der Waals surface area (Å²) in [4.78, 5) is 27.6. The minimum atomic E-state index is -0.131. The Labute approximate surface area is 126 Å². The van der Waals surface area contributed by atoms with E-state index in [0.717, 1.165) is 13.1 Å². The number of nitrogens with one attached hydrogen (secondary N) is 1. The summed E-state index contributed by atoms with van der Waals surface area (Å²) in [5, 5.41) is 0. The summed E-state index contributed by atoms with van der Waals surface area (Å²) in [6.07, 6.45) is 1.36. The maximum absolute atomic E-state index is 12.3. The molecule has 0 atom stereocenters. The van der Waals surface area contributed by atoms with Gasteiger partial charge in [-0.15, -0.1) is 0 Å². The van der Waals surface area contributed by atoms with E-state index >= 15 is 0 Å². The zero-order valence-corrected chi connectivity index (χ0v) is 13.1. The average Bonchev–Trinajstić information content (AvgIpc) is 2.53. The smallest absolute Gasteiger partial charge is 0.237 e. The fraction of sp³-hybridized carbons (Fsp3) is 0.857. The number of piperidine rings is 1. The van der Waals surface area contributed by atoms with Gasteiger partial charge in [-0.2, -0.15) is 0 Å². The highest BCUT2D eigenvalue weighted by atomic mass is 16.5. The first-order chi connectivity index (χ1) is 10.1. The van der Waals surface area contributed by atoms with Crippen molar-refractivity contribution in [1.82, 2.24) is 15.2 Å². The Balaban J connectivity index is 2.33. The summed E-state index contributed by atoms with van der Waals surface area (Å²) in [6, 6.07) is 0. The van der Waals surface area contributed by atoms with Gasteiger partial charge < -0.3 is 9.64 Å². The Morgan fingerprint density at radius 2 is 2.00 bits per heavy atom. The number of rotatable bonds is 8. The predicted octanol–water partition coefficient (Wildman–Crippen LogP) is -0.427. The van der Waals surface area contributed by atoms with Crippen molar-refractivity contribution in [3.05, 3.63) is 0 Å². The molecular weight excluding hydrogens is 272 g/mol. The number of likely N-dealkylation sites (N-methyl/N-ethyl adjacent to an activating group) is 1. The number of carbonyl (C=O) groups is 2. The minimum absolute atomic E-state index is 0.0701. The molecule has 0 radical (unpaired) electrons. The van der Waals surface area contributed by atoms with Crippen molar-refractivity contribution in [1.29, 1.82) is 0 Å². The van der Waals surface area contributed by atoms with Crippen LogP contribution in [0.25, 0.3) is 0 Å². The minimum Gasteiger partial charge on any atom is -0.380 e. The van der Waals surface area contributed by atoms with E-state index in [1.165, 1.54) is 0 Å². The van der Waals surface area contributed by atoms with Crippen LogP contribution in [0, 0.1) is 5.92 Å². The normalized spacial score (nSPS) is 16.3. The highest BCUT2D eigenvalue weighted by molar-refractivity contribution is 5.80. The molecule has 1 rings (SSSR count). The number of nitrogens with zero attached hydrogens (tertiary/aromatic N) is 2. The van der Waals surface area contributed by atoms with Crippen LogP contribution in [0.2, 0.25) is 0 Å². The maximum atomic E-state index is 12.3. The van der Waals surface area contributed by atoms with E-state index in [1.54, 1.807) is 0 Å². The Hall–Kier alpha value is -1.18. The first-order valence-corrected chi connectivity index (χ1v) is 7.70. The topological polar surface area (TPSA) is 87.9 Å². The van der Waals surface area contributed by atoms with E-state index in [-0.39, 0.29) is 17.7 Å². The fourth-order valence-electron chi connectivity index (χ4n) is 2.49. The summed E-state index contributed by atoms with van der Waals surface area (Å²) >= 11 is 0. The first-order valence-electron chi connectivity index (χ1n) is 7.70. The molecule has 0 unspecified atom stereocenters. The van der Waals surface area contributed by atoms with Crippen LogP contribution < -0.4 is 11.3 Å². The molecule has 7 heteroatoms. The van der Waals surface area contributed by atoms with Crippen molar-refractivity contribution in [2.24, 2.45) is 11.8 Å². The standard InChI is InChI=1S/C14H28N4O3/c1-3-17(9-10-21-4-2)11-13(19)18-7-5-12(6-8-18)14(20)16-15/h12H,3-11,15H2,1-2H3,(H,16,20). The van der Waals surface area contributed by atoms with E-state index in [1.807, 2.05) is 18.7 Å². The second kappa shape index (κ2) is 9.70. The van der Waals surface area contributed by atoms with Crippen molar-refractivity contribution in [2.75, 3.05) is 45.9 Å². The van der Waals surface area contributed by atoms with Crippen molar-refractivity contribution < 1.29 is 14.3 Å². The third-order valence-electron chi connectivity index (χ3n) is 3.92. The monoisotopic (exact) mass is 300 g/mol. The lowest BCUT2D eigenvalue weighted by Crippen LogP contribution is -2.47. The molecule has 2 amide bonds. The zero-order valence-electron chi connectivity index (χ0n) is 13.1. The molecule has 1 heterocycles. The SMILES string of the molecule is CCOCCN(CC)CC(=O)N1CCC(C(=O)NN)CC1. The van der Waals surface area contributed by atoms with E-state index in [9.17, 15) is 9.59 Å². The van der Waals surface area contributed by atoms with Gasteiger partial charge in [0.05, 0.1) is 13.2 Å². The van der Waals surface area contributed by atoms with Crippen LogP contribution in [-0.4, -0.2) is 67.6 Å². The molecule has 0 aromatic heterocycles. The number of hydrogen-bond acceptors (Lipinski definition) is 5. The Morgan fingerprint density at radius 3 is 2.52 bits per heavy atom. The molecule has 0 spiro atoms. The quantitative estimate of drug-likeness (QED) is 0.275. The molecule has 3 N–H and O–H groups in total. The van der Waals surface area contributed by atoms with Gasteiger partial charge >= 0.3 is 0 Å². The van der Waals surface area contributed by atoms with Gasteiger partial charge in [-0.1, -0.05) is 6.92 Å². The number of likely N-dealkylation sites (tertiary alicyclic amines) is 1. The molecule has 0 saturated carbocycles. The Kier molecular flexibility index (Phi) is 8.26. The number of nitrogens with two attached hydrogens (primary N) is 1. The third-order valence-corrected chi connectivity index (χ3v) is 3.92. The van der Waals surface area contributed by atoms with Crippen LogP contribution in [0.4, 0.5) is 0 Å². The van der Waals surface area contributed by atoms with Crippen LogP contribution >= 0.6 is 0 Å². The average molecular weight is 300 g/mol. The van der Waals surface area contributed by atoms with Gasteiger partial charge in [0.1, 0.15) is 0 Å². The van der Waals surface area contributed by atoms with Crippen molar-refractivity contribution in [3.8, 4) is 0 Å². The molecule has 1 aliphatic rings. The molecule has 1 fully saturated rings. The lowest BCUT2D eigenvalue weighted by Gasteiger charge is -2.32. The maximum Gasteiger partial charge on any atom is 0.237 e. The number of hydrogen-bond donors (Lipinski definition) is 2. The van der Waals surface area contributed by atoms with Crippen molar-refractivity contribution in [3.63, 3.8) is 0 Å². The molecule has 0 bridgehead atoms. The van der Waals surface area contributed by atoms with Crippen molar-refractivity contribution >= 4 is 11.8 Å². The number of amides is 2.